The van der Waals surface area contributed by atoms with Crippen LogP contribution in [-0.2, 0) is 4.74 Å². The first kappa shape index (κ1) is 12.9. The molecule has 0 amide bonds. The summed E-state index contributed by atoms with van der Waals surface area (Å²) in [5, 5.41) is 0. The Morgan fingerprint density at radius 3 is 2.00 bits per heavy atom. The van der Waals surface area contributed by atoms with Crippen molar-refractivity contribution >= 4 is 0 Å². The maximum atomic E-state index is 6.21. The zero-order chi connectivity index (χ0) is 13.2. The van der Waals surface area contributed by atoms with Crippen LogP contribution in [0.2, 0.25) is 0 Å². The summed E-state index contributed by atoms with van der Waals surface area (Å²) in [6.45, 7) is 9.90. The first-order chi connectivity index (χ1) is 8.25. The van der Waals surface area contributed by atoms with E-state index in [-0.39, 0.29) is 0 Å². The van der Waals surface area contributed by atoms with E-state index in [9.17, 15) is 0 Å². The highest BCUT2D eigenvalue weighted by molar-refractivity contribution is 5.16. The van der Waals surface area contributed by atoms with E-state index in [0.29, 0.717) is 23.0 Å². The van der Waals surface area contributed by atoms with Crippen LogP contribution >= 0.6 is 0 Å². The van der Waals surface area contributed by atoms with Crippen LogP contribution in [0.25, 0.3) is 0 Å². The summed E-state index contributed by atoms with van der Waals surface area (Å²) in [5.41, 5.74) is 0.807. The van der Waals surface area contributed by atoms with Crippen LogP contribution in [0.1, 0.15) is 26.7 Å². The predicted molar refractivity (Wildman–Crippen MR) is 73.4 cm³/mol. The Kier molecular flexibility index (Phi) is 2.66. The number of ether oxygens (including phenoxy) is 1. The molecule has 104 valence electrons. The molecule has 0 aromatic rings. The lowest BCUT2D eigenvalue weighted by molar-refractivity contribution is -0.869. The van der Waals surface area contributed by atoms with Crippen LogP contribution in [0, 0.1) is 10.8 Å². The van der Waals surface area contributed by atoms with Crippen LogP contribution in [-0.4, -0.2) is 68.9 Å². The zero-order valence-electron chi connectivity index (χ0n) is 12.7. The monoisotopic (exact) mass is 253 g/mol. The Balaban J connectivity index is 1.71. The molecule has 3 fully saturated rings. The van der Waals surface area contributed by atoms with Gasteiger partial charge in [-0.2, -0.15) is 0 Å². The molecule has 4 atom stereocenters. The average molecular weight is 253 g/mol. The predicted octanol–water partition coefficient (Wildman–Crippen LogP) is 1.58. The molecule has 0 aromatic heterocycles. The van der Waals surface area contributed by atoms with Crippen molar-refractivity contribution in [2.45, 2.75) is 38.9 Å². The van der Waals surface area contributed by atoms with Crippen molar-refractivity contribution in [1.82, 2.24) is 4.90 Å². The number of likely N-dealkylation sites (tertiary alicyclic amines) is 1. The maximum absolute atomic E-state index is 6.21. The summed E-state index contributed by atoms with van der Waals surface area (Å²) >= 11 is 0. The highest BCUT2D eigenvalue weighted by Gasteiger charge is 2.67. The number of quaternary nitrogens is 1. The largest absolute Gasteiger partial charge is 0.374 e. The smallest absolute Gasteiger partial charge is 0.0909 e. The van der Waals surface area contributed by atoms with Crippen molar-refractivity contribution in [2.24, 2.45) is 10.8 Å². The Hall–Kier alpha value is -0.120. The van der Waals surface area contributed by atoms with Crippen molar-refractivity contribution < 1.29 is 9.22 Å². The molecular weight excluding hydrogens is 224 g/mol. The van der Waals surface area contributed by atoms with Gasteiger partial charge < -0.3 is 9.22 Å². The van der Waals surface area contributed by atoms with Crippen molar-refractivity contribution in [3.05, 3.63) is 0 Å². The van der Waals surface area contributed by atoms with Gasteiger partial charge in [-0.1, -0.05) is 13.8 Å². The van der Waals surface area contributed by atoms with Gasteiger partial charge in [0.2, 0.25) is 0 Å². The molecule has 0 N–H and O–H groups in total. The van der Waals surface area contributed by atoms with Crippen LogP contribution < -0.4 is 0 Å². The van der Waals surface area contributed by atoms with E-state index in [4.69, 9.17) is 4.74 Å². The second-order valence-electron chi connectivity index (χ2n) is 8.25. The highest BCUT2D eigenvalue weighted by atomic mass is 16.5. The fourth-order valence-electron chi connectivity index (χ4n) is 4.46. The number of nitrogens with zero attached hydrogens (tertiary/aromatic N) is 2. The molecule has 0 unspecified atom stereocenters. The second-order valence-corrected chi connectivity index (χ2v) is 8.25. The number of rotatable bonds is 3. The van der Waals surface area contributed by atoms with Gasteiger partial charge in [0.1, 0.15) is 0 Å². The number of likely N-dealkylation sites (N-methyl/N-ethyl adjacent to an activating group) is 1. The highest BCUT2D eigenvalue weighted by Crippen LogP contribution is 2.62. The molecule has 3 aliphatic heterocycles. The molecular formula is C15H29N2O+. The van der Waals surface area contributed by atoms with Crippen LogP contribution in [0.5, 0.6) is 0 Å². The average Bonchev–Trinajstić information content (AvgIpc) is 2.84. The van der Waals surface area contributed by atoms with Gasteiger partial charge in [0.15, 0.2) is 0 Å². The minimum Gasteiger partial charge on any atom is -0.374 e. The van der Waals surface area contributed by atoms with Crippen LogP contribution in [0.15, 0.2) is 0 Å². The lowest BCUT2D eigenvalue weighted by Gasteiger charge is -2.40. The first-order valence-corrected chi connectivity index (χ1v) is 7.43. The standard InChI is InChI=1S/C15H29N2O/c1-14-10-16(8-9-17(3,4)5)11-15(14,2)13-7-6-12(14)18-13/h12-13H,6-11H2,1-5H3/q+1/t12-,13+,14-,15+. The molecule has 0 aromatic carbocycles. The first-order valence-electron chi connectivity index (χ1n) is 7.43. The second kappa shape index (κ2) is 3.71. The summed E-state index contributed by atoms with van der Waals surface area (Å²) in [7, 11) is 6.85. The van der Waals surface area contributed by atoms with Gasteiger partial charge in [0.25, 0.3) is 0 Å². The van der Waals surface area contributed by atoms with E-state index in [1.54, 1.807) is 0 Å². The summed E-state index contributed by atoms with van der Waals surface area (Å²) < 4.78 is 7.27. The molecule has 0 saturated carbocycles. The Bertz CT molecular complexity index is 327. The summed E-state index contributed by atoms with van der Waals surface area (Å²) in [6, 6.07) is 0. The third-order valence-corrected chi connectivity index (χ3v) is 5.94. The van der Waals surface area contributed by atoms with E-state index in [0.717, 1.165) is 4.48 Å². The molecule has 3 nitrogen and oxygen atoms in total. The van der Waals surface area contributed by atoms with E-state index < -0.39 is 0 Å². The Labute approximate surface area is 112 Å². The normalized spacial score (nSPS) is 47.8. The molecule has 18 heavy (non-hydrogen) atoms. The SMILES string of the molecule is C[C@@]12CN(CC[N+](C)(C)C)C[C@]1(C)[C@H]1CC[C@@H]2O1. The van der Waals surface area contributed by atoms with Gasteiger partial charge in [-0.25, -0.2) is 0 Å². The fourth-order valence-corrected chi connectivity index (χ4v) is 4.46. The van der Waals surface area contributed by atoms with Gasteiger partial charge in [0, 0.05) is 30.5 Å². The molecule has 3 rings (SSSR count). The number of hydrogen-bond acceptors (Lipinski definition) is 2. The van der Waals surface area contributed by atoms with Gasteiger partial charge in [-0.05, 0) is 12.8 Å². The third kappa shape index (κ3) is 1.67. The number of fused-ring (bicyclic) bond motifs is 5. The lowest BCUT2D eigenvalue weighted by Crippen LogP contribution is -2.45. The number of hydrogen-bond donors (Lipinski definition) is 0. The maximum Gasteiger partial charge on any atom is 0.0909 e. The molecule has 0 spiro atoms. The van der Waals surface area contributed by atoms with Crippen molar-refractivity contribution in [3.8, 4) is 0 Å². The van der Waals surface area contributed by atoms with E-state index in [2.05, 4.69) is 39.9 Å². The van der Waals surface area contributed by atoms with Gasteiger partial charge >= 0.3 is 0 Å². The Morgan fingerprint density at radius 1 is 1.06 bits per heavy atom. The van der Waals surface area contributed by atoms with Gasteiger partial charge in [-0.15, -0.1) is 0 Å². The molecule has 2 bridgehead atoms. The zero-order valence-corrected chi connectivity index (χ0v) is 12.7. The molecule has 3 heteroatoms. The molecule has 0 aliphatic carbocycles. The van der Waals surface area contributed by atoms with E-state index in [1.807, 2.05) is 0 Å². The summed E-state index contributed by atoms with van der Waals surface area (Å²) in [4.78, 5) is 2.69. The van der Waals surface area contributed by atoms with Crippen LogP contribution in [0.4, 0.5) is 0 Å². The van der Waals surface area contributed by atoms with E-state index in [1.165, 1.54) is 39.0 Å². The van der Waals surface area contributed by atoms with Gasteiger partial charge in [0.05, 0.1) is 39.9 Å². The summed E-state index contributed by atoms with van der Waals surface area (Å²) in [6.07, 6.45) is 3.64. The molecule has 3 heterocycles. The van der Waals surface area contributed by atoms with Crippen molar-refractivity contribution in [3.63, 3.8) is 0 Å². The minimum absolute atomic E-state index is 0.404. The Morgan fingerprint density at radius 2 is 1.56 bits per heavy atom. The quantitative estimate of drug-likeness (QED) is 0.708. The molecule has 3 aliphatic rings. The van der Waals surface area contributed by atoms with Crippen LogP contribution in [0.3, 0.4) is 0 Å². The molecule has 0 radical (unpaired) electrons. The van der Waals surface area contributed by atoms with Crippen molar-refractivity contribution in [2.75, 3.05) is 47.3 Å². The fraction of sp³-hybridized carbons (Fsp3) is 1.00. The third-order valence-electron chi connectivity index (χ3n) is 5.94. The minimum atomic E-state index is 0.404. The van der Waals surface area contributed by atoms with Crippen molar-refractivity contribution in [1.29, 1.82) is 0 Å². The van der Waals surface area contributed by atoms with E-state index >= 15 is 0 Å². The molecule has 3 saturated heterocycles. The van der Waals surface area contributed by atoms with Gasteiger partial charge in [-0.3, -0.25) is 4.90 Å². The summed E-state index contributed by atoms with van der Waals surface area (Å²) in [5.74, 6) is 0. The topological polar surface area (TPSA) is 12.5 Å². The lowest BCUT2D eigenvalue weighted by atomic mass is 9.60.